The largest absolute Gasteiger partial charge is 0.361 e. The minimum atomic E-state index is 0.741. The monoisotopic (exact) mass is 228 g/mol. The van der Waals surface area contributed by atoms with Crippen molar-refractivity contribution >= 4 is 10.9 Å². The summed E-state index contributed by atoms with van der Waals surface area (Å²) in [4.78, 5) is 3.35. The summed E-state index contributed by atoms with van der Waals surface area (Å²) in [7, 11) is 0. The lowest BCUT2D eigenvalue weighted by Gasteiger charge is -2.10. The van der Waals surface area contributed by atoms with Crippen molar-refractivity contribution in [2.45, 2.75) is 45.2 Å². The molecule has 0 radical (unpaired) electrons. The molecule has 0 unspecified atom stereocenters. The molecule has 2 nitrogen and oxygen atoms in total. The van der Waals surface area contributed by atoms with Gasteiger partial charge in [-0.1, -0.05) is 24.5 Å². The summed E-state index contributed by atoms with van der Waals surface area (Å²) >= 11 is 0. The van der Waals surface area contributed by atoms with Crippen molar-refractivity contribution in [2.24, 2.45) is 0 Å². The van der Waals surface area contributed by atoms with Crippen molar-refractivity contribution in [3.63, 3.8) is 0 Å². The zero-order valence-corrected chi connectivity index (χ0v) is 10.4. The van der Waals surface area contributed by atoms with E-state index < -0.39 is 0 Å². The third-order valence-electron chi connectivity index (χ3n) is 3.86. The van der Waals surface area contributed by atoms with Crippen molar-refractivity contribution in [1.29, 1.82) is 0 Å². The van der Waals surface area contributed by atoms with Crippen LogP contribution in [0.25, 0.3) is 10.9 Å². The molecule has 1 heterocycles. The number of aromatic nitrogens is 1. The highest BCUT2D eigenvalue weighted by Gasteiger charge is 2.14. The van der Waals surface area contributed by atoms with E-state index in [4.69, 9.17) is 0 Å². The topological polar surface area (TPSA) is 27.8 Å². The molecule has 3 rings (SSSR count). The Morgan fingerprint density at radius 1 is 1.29 bits per heavy atom. The highest BCUT2D eigenvalue weighted by Crippen LogP contribution is 2.22. The summed E-state index contributed by atoms with van der Waals surface area (Å²) < 4.78 is 0. The van der Waals surface area contributed by atoms with E-state index in [1.165, 1.54) is 47.7 Å². The Balaban J connectivity index is 1.77. The fraction of sp³-hybridized carbons (Fsp3) is 0.467. The van der Waals surface area contributed by atoms with Gasteiger partial charge < -0.3 is 10.3 Å². The molecule has 1 aliphatic carbocycles. The van der Waals surface area contributed by atoms with Gasteiger partial charge in [0.15, 0.2) is 0 Å². The van der Waals surface area contributed by atoms with E-state index in [9.17, 15) is 0 Å². The van der Waals surface area contributed by atoms with Crippen LogP contribution in [0.3, 0.4) is 0 Å². The highest BCUT2D eigenvalue weighted by molar-refractivity contribution is 5.83. The Morgan fingerprint density at radius 3 is 2.94 bits per heavy atom. The maximum Gasteiger partial charge on any atom is 0.0457 e. The van der Waals surface area contributed by atoms with E-state index in [2.05, 4.69) is 41.6 Å². The lowest BCUT2D eigenvalue weighted by Crippen LogP contribution is -2.25. The van der Waals surface area contributed by atoms with E-state index in [0.29, 0.717) is 0 Å². The van der Waals surface area contributed by atoms with Crippen molar-refractivity contribution in [3.8, 4) is 0 Å². The molecule has 0 spiro atoms. The lowest BCUT2D eigenvalue weighted by atomic mass is 10.1. The molecule has 1 aromatic heterocycles. The minimum Gasteiger partial charge on any atom is -0.361 e. The standard InChI is InChI=1S/C15H20N2/c1-11-6-7-15-14(8-11)12(10-17-15)9-16-13-4-2-3-5-13/h6-8,10,13,16-17H,2-5,9H2,1H3. The van der Waals surface area contributed by atoms with E-state index in [0.717, 1.165) is 12.6 Å². The van der Waals surface area contributed by atoms with Crippen LogP contribution in [0.15, 0.2) is 24.4 Å². The molecule has 0 amide bonds. The maximum absolute atomic E-state index is 3.68. The van der Waals surface area contributed by atoms with Crippen LogP contribution in [0.2, 0.25) is 0 Å². The quantitative estimate of drug-likeness (QED) is 0.826. The molecule has 2 heteroatoms. The first-order valence-electron chi connectivity index (χ1n) is 6.63. The van der Waals surface area contributed by atoms with Gasteiger partial charge in [-0.2, -0.15) is 0 Å². The second-order valence-corrected chi connectivity index (χ2v) is 5.23. The van der Waals surface area contributed by atoms with E-state index in [-0.39, 0.29) is 0 Å². The molecule has 1 aliphatic rings. The summed E-state index contributed by atoms with van der Waals surface area (Å²) in [5, 5.41) is 5.05. The van der Waals surface area contributed by atoms with E-state index in [1.807, 2.05) is 0 Å². The molecule has 2 N–H and O–H groups in total. The average Bonchev–Trinajstić information content (AvgIpc) is 2.94. The normalized spacial score (nSPS) is 17.0. The first-order chi connectivity index (χ1) is 8.33. The van der Waals surface area contributed by atoms with Crippen LogP contribution in [0.5, 0.6) is 0 Å². The molecule has 0 aliphatic heterocycles. The van der Waals surface area contributed by atoms with E-state index in [1.54, 1.807) is 0 Å². The van der Waals surface area contributed by atoms with Gasteiger partial charge in [0.2, 0.25) is 0 Å². The predicted octanol–water partition coefficient (Wildman–Crippen LogP) is 3.51. The van der Waals surface area contributed by atoms with Gasteiger partial charge in [-0.15, -0.1) is 0 Å². The van der Waals surface area contributed by atoms with Gasteiger partial charge in [-0.3, -0.25) is 0 Å². The Bertz CT molecular complexity index is 507. The minimum absolute atomic E-state index is 0.741. The van der Waals surface area contributed by atoms with E-state index >= 15 is 0 Å². The van der Waals surface area contributed by atoms with Crippen LogP contribution < -0.4 is 5.32 Å². The number of hydrogen-bond acceptors (Lipinski definition) is 1. The number of nitrogens with one attached hydrogen (secondary N) is 2. The van der Waals surface area contributed by atoms with Crippen LogP contribution in [-0.2, 0) is 6.54 Å². The number of fused-ring (bicyclic) bond motifs is 1. The van der Waals surface area contributed by atoms with Crippen molar-refractivity contribution in [1.82, 2.24) is 10.3 Å². The number of benzene rings is 1. The highest BCUT2D eigenvalue weighted by atomic mass is 14.9. The molecule has 1 fully saturated rings. The molecule has 1 saturated carbocycles. The van der Waals surface area contributed by atoms with Gasteiger partial charge >= 0.3 is 0 Å². The summed E-state index contributed by atoms with van der Waals surface area (Å²) in [5.74, 6) is 0. The summed E-state index contributed by atoms with van der Waals surface area (Å²) in [6.07, 6.45) is 7.63. The number of hydrogen-bond donors (Lipinski definition) is 2. The first-order valence-corrected chi connectivity index (χ1v) is 6.63. The number of aryl methyl sites for hydroxylation is 1. The molecular weight excluding hydrogens is 208 g/mol. The number of H-pyrrole nitrogens is 1. The molecule has 1 aromatic carbocycles. The summed E-state index contributed by atoms with van der Waals surface area (Å²) in [6.45, 7) is 3.15. The second kappa shape index (κ2) is 4.53. The van der Waals surface area contributed by atoms with Crippen LogP contribution >= 0.6 is 0 Å². The molecule has 0 atom stereocenters. The molecule has 17 heavy (non-hydrogen) atoms. The van der Waals surface area contributed by atoms with Crippen LogP contribution in [0.4, 0.5) is 0 Å². The fourth-order valence-corrected chi connectivity index (χ4v) is 2.82. The predicted molar refractivity (Wildman–Crippen MR) is 72.1 cm³/mol. The third-order valence-corrected chi connectivity index (χ3v) is 3.86. The van der Waals surface area contributed by atoms with Gasteiger partial charge in [0.25, 0.3) is 0 Å². The van der Waals surface area contributed by atoms with Gasteiger partial charge in [-0.05, 0) is 37.5 Å². The Morgan fingerprint density at radius 2 is 2.12 bits per heavy atom. The molecular formula is C15H20N2. The zero-order chi connectivity index (χ0) is 11.7. The number of rotatable bonds is 3. The molecule has 0 saturated heterocycles. The smallest absolute Gasteiger partial charge is 0.0457 e. The summed E-state index contributed by atoms with van der Waals surface area (Å²) in [6, 6.07) is 7.35. The zero-order valence-electron chi connectivity index (χ0n) is 10.4. The van der Waals surface area contributed by atoms with Crippen LogP contribution in [0, 0.1) is 6.92 Å². The van der Waals surface area contributed by atoms with Gasteiger partial charge in [0.1, 0.15) is 0 Å². The van der Waals surface area contributed by atoms with Gasteiger partial charge in [0.05, 0.1) is 0 Å². The Kier molecular flexibility index (Phi) is 2.89. The fourth-order valence-electron chi connectivity index (χ4n) is 2.82. The molecule has 90 valence electrons. The Labute approximate surface area is 102 Å². The van der Waals surface area contributed by atoms with Crippen molar-refractivity contribution in [3.05, 3.63) is 35.5 Å². The second-order valence-electron chi connectivity index (χ2n) is 5.23. The number of aromatic amines is 1. The molecule has 2 aromatic rings. The lowest BCUT2D eigenvalue weighted by molar-refractivity contribution is 0.525. The van der Waals surface area contributed by atoms with Gasteiger partial charge in [-0.25, -0.2) is 0 Å². The average molecular weight is 228 g/mol. The molecule has 0 bridgehead atoms. The third kappa shape index (κ3) is 2.22. The first kappa shape index (κ1) is 10.8. The van der Waals surface area contributed by atoms with Crippen LogP contribution in [0.1, 0.15) is 36.8 Å². The SMILES string of the molecule is Cc1ccc2[nH]cc(CNC3CCCC3)c2c1. The summed E-state index contributed by atoms with van der Waals surface area (Å²) in [5.41, 5.74) is 3.98. The maximum atomic E-state index is 3.68. The van der Waals surface area contributed by atoms with Crippen molar-refractivity contribution in [2.75, 3.05) is 0 Å². The van der Waals surface area contributed by atoms with Crippen LogP contribution in [-0.4, -0.2) is 11.0 Å². The van der Waals surface area contributed by atoms with Gasteiger partial charge in [0, 0.05) is 29.7 Å². The van der Waals surface area contributed by atoms with Crippen molar-refractivity contribution < 1.29 is 0 Å². The Hall–Kier alpha value is -1.28.